The molecule has 1 aliphatic heterocycles. The van der Waals surface area contributed by atoms with E-state index in [0.29, 0.717) is 0 Å². The summed E-state index contributed by atoms with van der Waals surface area (Å²) in [5.74, 6) is 1.11. The van der Waals surface area contributed by atoms with Crippen LogP contribution in [-0.2, 0) is 6.42 Å². The van der Waals surface area contributed by atoms with Gasteiger partial charge in [0, 0.05) is 5.56 Å². The Morgan fingerprint density at radius 2 is 2.20 bits per heavy atom. The highest BCUT2D eigenvalue weighted by atomic mass is 16.5. The van der Waals surface area contributed by atoms with Gasteiger partial charge in [-0.2, -0.15) is 0 Å². The lowest BCUT2D eigenvalue weighted by Crippen LogP contribution is -2.03. The molecular weight excluding hydrogens is 184 g/mol. The zero-order valence-electron chi connectivity index (χ0n) is 9.33. The molecule has 2 rings (SSSR count). The fourth-order valence-corrected chi connectivity index (χ4v) is 1.98. The van der Waals surface area contributed by atoms with Crippen molar-refractivity contribution in [1.82, 2.24) is 0 Å². The smallest absolute Gasteiger partial charge is 0.130 e. The molecule has 1 aromatic rings. The largest absolute Gasteiger partial charge is 0.489 e. The first kappa shape index (κ1) is 10.3. The van der Waals surface area contributed by atoms with Gasteiger partial charge < -0.3 is 4.74 Å². The molecule has 0 fully saturated rings. The number of rotatable bonds is 4. The highest BCUT2D eigenvalue weighted by Crippen LogP contribution is 2.29. The third-order valence-electron chi connectivity index (χ3n) is 2.80. The van der Waals surface area contributed by atoms with Crippen LogP contribution in [-0.4, -0.2) is 6.61 Å². The van der Waals surface area contributed by atoms with Gasteiger partial charge in [0.25, 0.3) is 0 Å². The Kier molecular flexibility index (Phi) is 3.44. The number of benzene rings is 1. The van der Waals surface area contributed by atoms with E-state index in [9.17, 15) is 0 Å². The molecule has 0 saturated heterocycles. The first-order valence-corrected chi connectivity index (χ1v) is 5.83. The first-order chi connectivity index (χ1) is 7.42. The maximum atomic E-state index is 5.70. The first-order valence-electron chi connectivity index (χ1n) is 5.83. The second kappa shape index (κ2) is 5.01. The van der Waals surface area contributed by atoms with E-state index in [0.717, 1.165) is 18.8 Å². The minimum Gasteiger partial charge on any atom is -0.489 e. The molecule has 0 unspecified atom stereocenters. The van der Waals surface area contributed by atoms with Crippen molar-refractivity contribution in [3.8, 4) is 5.75 Å². The maximum absolute atomic E-state index is 5.70. The fourth-order valence-electron chi connectivity index (χ4n) is 1.98. The summed E-state index contributed by atoms with van der Waals surface area (Å²) in [4.78, 5) is 0. The van der Waals surface area contributed by atoms with E-state index in [4.69, 9.17) is 4.74 Å². The number of ether oxygens (including phenoxy) is 1. The zero-order chi connectivity index (χ0) is 10.5. The summed E-state index contributed by atoms with van der Waals surface area (Å²) in [6.45, 7) is 2.96. The van der Waals surface area contributed by atoms with Crippen LogP contribution in [0.4, 0.5) is 0 Å². The number of hydrogen-bond donors (Lipinski definition) is 0. The van der Waals surface area contributed by atoms with Gasteiger partial charge in [-0.15, -0.1) is 0 Å². The molecule has 0 N–H and O–H groups in total. The van der Waals surface area contributed by atoms with Crippen molar-refractivity contribution in [3.05, 3.63) is 35.4 Å². The van der Waals surface area contributed by atoms with E-state index in [1.54, 1.807) is 0 Å². The van der Waals surface area contributed by atoms with Gasteiger partial charge in [0.2, 0.25) is 0 Å². The molecule has 0 aliphatic carbocycles. The molecule has 0 amide bonds. The summed E-state index contributed by atoms with van der Waals surface area (Å²) in [7, 11) is 0. The average molecular weight is 202 g/mol. The summed E-state index contributed by atoms with van der Waals surface area (Å²) in [5, 5.41) is 0. The summed E-state index contributed by atoms with van der Waals surface area (Å²) in [6.07, 6.45) is 9.21. The van der Waals surface area contributed by atoms with Gasteiger partial charge in [-0.1, -0.05) is 44.0 Å². The van der Waals surface area contributed by atoms with Crippen molar-refractivity contribution in [1.29, 1.82) is 0 Å². The van der Waals surface area contributed by atoms with Crippen LogP contribution in [0.3, 0.4) is 0 Å². The molecular formula is C14H18O. The van der Waals surface area contributed by atoms with Crippen LogP contribution < -0.4 is 4.74 Å². The number of fused-ring (bicyclic) bond motifs is 1. The zero-order valence-corrected chi connectivity index (χ0v) is 9.33. The molecule has 0 bridgehead atoms. The highest BCUT2D eigenvalue weighted by Gasteiger charge is 2.09. The van der Waals surface area contributed by atoms with Gasteiger partial charge in [0.15, 0.2) is 0 Å². The van der Waals surface area contributed by atoms with Crippen LogP contribution in [0.1, 0.15) is 37.3 Å². The van der Waals surface area contributed by atoms with E-state index in [2.05, 4.69) is 37.3 Å². The van der Waals surface area contributed by atoms with E-state index < -0.39 is 0 Å². The predicted molar refractivity (Wildman–Crippen MR) is 64.2 cm³/mol. The molecule has 0 atom stereocenters. The Labute approximate surface area is 91.8 Å². The summed E-state index contributed by atoms with van der Waals surface area (Å²) in [6, 6.07) is 6.43. The quantitative estimate of drug-likeness (QED) is 0.674. The molecule has 1 aromatic carbocycles. The van der Waals surface area contributed by atoms with E-state index in [1.165, 1.54) is 30.4 Å². The fraction of sp³-hybridized carbons (Fsp3) is 0.429. The third kappa shape index (κ3) is 2.41. The Hall–Kier alpha value is -1.24. The van der Waals surface area contributed by atoms with Gasteiger partial charge in [0.1, 0.15) is 12.4 Å². The second-order valence-corrected chi connectivity index (χ2v) is 4.01. The molecule has 80 valence electrons. The number of hydrogen-bond acceptors (Lipinski definition) is 1. The van der Waals surface area contributed by atoms with Crippen molar-refractivity contribution in [2.24, 2.45) is 0 Å². The van der Waals surface area contributed by atoms with Crippen LogP contribution >= 0.6 is 0 Å². The Balaban J connectivity index is 2.13. The van der Waals surface area contributed by atoms with Crippen LogP contribution in [0.5, 0.6) is 5.75 Å². The summed E-state index contributed by atoms with van der Waals surface area (Å²) >= 11 is 0. The summed E-state index contributed by atoms with van der Waals surface area (Å²) in [5.41, 5.74) is 2.60. The molecule has 0 spiro atoms. The minimum absolute atomic E-state index is 0.720. The van der Waals surface area contributed by atoms with Crippen LogP contribution in [0.25, 0.3) is 6.08 Å². The Morgan fingerprint density at radius 1 is 1.27 bits per heavy atom. The van der Waals surface area contributed by atoms with Gasteiger partial charge in [-0.25, -0.2) is 0 Å². The molecule has 0 radical (unpaired) electrons. The molecule has 15 heavy (non-hydrogen) atoms. The molecule has 1 heterocycles. The van der Waals surface area contributed by atoms with Crippen LogP contribution in [0.15, 0.2) is 24.3 Å². The van der Waals surface area contributed by atoms with Crippen molar-refractivity contribution in [2.75, 3.05) is 6.61 Å². The SMILES string of the molecule is CCCCCc1cccc2c1OCC=C2. The normalized spacial score (nSPS) is 13.4. The lowest BCUT2D eigenvalue weighted by atomic mass is 10.0. The van der Waals surface area contributed by atoms with Gasteiger partial charge >= 0.3 is 0 Å². The van der Waals surface area contributed by atoms with Gasteiger partial charge in [-0.05, 0) is 24.5 Å². The topological polar surface area (TPSA) is 9.23 Å². The van der Waals surface area contributed by atoms with Crippen LogP contribution in [0.2, 0.25) is 0 Å². The predicted octanol–water partition coefficient (Wildman–Crippen LogP) is 3.82. The highest BCUT2D eigenvalue weighted by molar-refractivity contribution is 5.61. The van der Waals surface area contributed by atoms with Crippen molar-refractivity contribution < 1.29 is 4.74 Å². The number of unbranched alkanes of at least 4 members (excludes halogenated alkanes) is 2. The molecule has 0 aromatic heterocycles. The Morgan fingerprint density at radius 3 is 3.07 bits per heavy atom. The lowest BCUT2D eigenvalue weighted by Gasteiger charge is -2.16. The third-order valence-corrected chi connectivity index (χ3v) is 2.80. The molecule has 1 heteroatoms. The average Bonchev–Trinajstić information content (AvgIpc) is 2.30. The van der Waals surface area contributed by atoms with Crippen molar-refractivity contribution in [2.45, 2.75) is 32.6 Å². The maximum Gasteiger partial charge on any atom is 0.130 e. The Bertz CT molecular complexity index is 352. The van der Waals surface area contributed by atoms with E-state index in [1.807, 2.05) is 0 Å². The number of para-hydroxylation sites is 1. The molecule has 1 nitrogen and oxygen atoms in total. The summed E-state index contributed by atoms with van der Waals surface area (Å²) < 4.78 is 5.70. The van der Waals surface area contributed by atoms with Gasteiger partial charge in [-0.3, -0.25) is 0 Å². The molecule has 1 aliphatic rings. The standard InChI is InChI=1S/C14H18O/c1-2-3-4-7-12-8-5-9-13-10-6-11-15-14(12)13/h5-6,8-10H,2-4,7,11H2,1H3. The van der Waals surface area contributed by atoms with Crippen LogP contribution in [0, 0.1) is 0 Å². The van der Waals surface area contributed by atoms with E-state index >= 15 is 0 Å². The van der Waals surface area contributed by atoms with Crippen molar-refractivity contribution in [3.63, 3.8) is 0 Å². The second-order valence-electron chi connectivity index (χ2n) is 4.01. The number of aryl methyl sites for hydroxylation is 1. The molecule has 0 saturated carbocycles. The van der Waals surface area contributed by atoms with Crippen molar-refractivity contribution >= 4 is 6.08 Å². The monoisotopic (exact) mass is 202 g/mol. The van der Waals surface area contributed by atoms with E-state index in [-0.39, 0.29) is 0 Å². The lowest BCUT2D eigenvalue weighted by molar-refractivity contribution is 0.354. The van der Waals surface area contributed by atoms with Gasteiger partial charge in [0.05, 0.1) is 0 Å². The minimum atomic E-state index is 0.720.